The van der Waals surface area contributed by atoms with E-state index in [1.165, 1.54) is 12.1 Å². The number of sulfone groups is 1. The van der Waals surface area contributed by atoms with Gasteiger partial charge in [-0.3, -0.25) is 9.59 Å². The van der Waals surface area contributed by atoms with E-state index >= 15 is 0 Å². The van der Waals surface area contributed by atoms with E-state index in [2.05, 4.69) is 15.4 Å². The van der Waals surface area contributed by atoms with Crippen molar-refractivity contribution in [3.8, 4) is 0 Å². The molecule has 2 aromatic carbocycles. The van der Waals surface area contributed by atoms with Crippen LogP contribution in [0.3, 0.4) is 0 Å². The van der Waals surface area contributed by atoms with Gasteiger partial charge in [0.25, 0.3) is 5.91 Å². The number of esters is 1. The number of hydrogen-bond donors (Lipinski definition) is 2. The second kappa shape index (κ2) is 10.4. The first kappa shape index (κ1) is 22.1. The molecule has 2 aromatic rings. The third-order valence-corrected chi connectivity index (χ3v) is 5.81. The maximum Gasteiger partial charge on any atom is 0.328 e. The molecule has 1 atom stereocenters. The quantitative estimate of drug-likeness (QED) is 0.585. The molecule has 9 heteroatoms. The molecule has 0 heterocycles. The number of ether oxygens (including phenoxy) is 1. The van der Waals surface area contributed by atoms with Crippen molar-refractivity contribution in [1.82, 2.24) is 10.6 Å². The number of methoxy groups -OCH3 is 1. The van der Waals surface area contributed by atoms with Gasteiger partial charge in [0.1, 0.15) is 6.04 Å². The summed E-state index contributed by atoms with van der Waals surface area (Å²) < 4.78 is 29.4. The monoisotopic (exact) mass is 418 g/mol. The zero-order valence-corrected chi connectivity index (χ0v) is 16.6. The summed E-state index contributed by atoms with van der Waals surface area (Å²) in [6.45, 7) is -0.368. The fourth-order valence-corrected chi connectivity index (χ4v) is 3.86. The van der Waals surface area contributed by atoms with Gasteiger partial charge in [-0.15, -0.1) is 0 Å². The van der Waals surface area contributed by atoms with Crippen molar-refractivity contribution in [2.45, 2.75) is 17.4 Å². The normalized spacial score (nSPS) is 11.9. The number of amides is 2. The van der Waals surface area contributed by atoms with Crippen LogP contribution in [0.1, 0.15) is 16.8 Å². The zero-order chi connectivity index (χ0) is 21.3. The van der Waals surface area contributed by atoms with Crippen molar-refractivity contribution in [2.24, 2.45) is 0 Å². The highest BCUT2D eigenvalue weighted by Gasteiger charge is 2.25. The molecule has 29 heavy (non-hydrogen) atoms. The lowest BCUT2D eigenvalue weighted by Crippen LogP contribution is -2.46. The van der Waals surface area contributed by atoms with Crippen molar-refractivity contribution in [3.63, 3.8) is 0 Å². The first-order valence-corrected chi connectivity index (χ1v) is 10.5. The van der Waals surface area contributed by atoms with Crippen LogP contribution in [-0.2, 0) is 24.2 Å². The third kappa shape index (κ3) is 6.72. The average Bonchev–Trinajstić information content (AvgIpc) is 2.75. The fraction of sp³-hybridized carbons (Fsp3) is 0.250. The molecule has 0 aromatic heterocycles. The Labute approximate surface area is 169 Å². The molecule has 154 valence electrons. The van der Waals surface area contributed by atoms with Crippen molar-refractivity contribution in [2.75, 3.05) is 19.4 Å². The van der Waals surface area contributed by atoms with E-state index in [0.29, 0.717) is 5.56 Å². The molecule has 0 fully saturated rings. The van der Waals surface area contributed by atoms with Crippen LogP contribution in [0.2, 0.25) is 0 Å². The Morgan fingerprint density at radius 1 is 0.966 bits per heavy atom. The Balaban J connectivity index is 1.93. The van der Waals surface area contributed by atoms with Crippen LogP contribution in [0, 0.1) is 0 Å². The van der Waals surface area contributed by atoms with Gasteiger partial charge in [-0.05, 0) is 30.7 Å². The minimum atomic E-state index is -3.62. The lowest BCUT2D eigenvalue weighted by atomic mass is 10.2. The van der Waals surface area contributed by atoms with E-state index in [-0.39, 0.29) is 23.6 Å². The molecule has 0 saturated carbocycles. The van der Waals surface area contributed by atoms with E-state index in [1.807, 2.05) is 0 Å². The van der Waals surface area contributed by atoms with Crippen LogP contribution >= 0.6 is 0 Å². The highest BCUT2D eigenvalue weighted by molar-refractivity contribution is 7.91. The fourth-order valence-electron chi connectivity index (χ4n) is 2.51. The molecule has 0 spiro atoms. The topological polar surface area (TPSA) is 119 Å². The van der Waals surface area contributed by atoms with Crippen LogP contribution in [-0.4, -0.2) is 51.7 Å². The lowest BCUT2D eigenvalue weighted by Gasteiger charge is -2.17. The Bertz CT molecular complexity index is 945. The molecular weight excluding hydrogens is 396 g/mol. The summed E-state index contributed by atoms with van der Waals surface area (Å²) in [4.78, 5) is 36.2. The van der Waals surface area contributed by atoms with E-state index < -0.39 is 33.7 Å². The van der Waals surface area contributed by atoms with Gasteiger partial charge < -0.3 is 15.4 Å². The van der Waals surface area contributed by atoms with Crippen molar-refractivity contribution in [1.29, 1.82) is 0 Å². The molecule has 0 radical (unpaired) electrons. The lowest BCUT2D eigenvalue weighted by molar-refractivity contribution is -0.145. The Morgan fingerprint density at radius 3 is 2.14 bits per heavy atom. The van der Waals surface area contributed by atoms with E-state index in [9.17, 15) is 22.8 Å². The van der Waals surface area contributed by atoms with E-state index in [1.54, 1.807) is 48.5 Å². The third-order valence-electron chi connectivity index (χ3n) is 4.04. The van der Waals surface area contributed by atoms with Crippen LogP contribution in [0.15, 0.2) is 65.6 Å². The Kier molecular flexibility index (Phi) is 7.90. The molecule has 2 N–H and O–H groups in total. The van der Waals surface area contributed by atoms with Crippen LogP contribution in [0.25, 0.3) is 0 Å². The Morgan fingerprint density at radius 2 is 1.55 bits per heavy atom. The standard InChI is InChI=1S/C20H22N2O6S/c1-28-20(25)17(12-13-29(26,27)16-10-6-3-7-11-16)22-18(23)14-21-19(24)15-8-4-2-5-9-15/h2-11,17H,12-14H2,1H3,(H,21,24)(H,22,23)/t17-/m0/s1. The second-order valence-corrected chi connectivity index (χ2v) is 8.22. The van der Waals surface area contributed by atoms with Gasteiger partial charge in [0.15, 0.2) is 9.84 Å². The molecule has 0 saturated heterocycles. The second-order valence-electron chi connectivity index (χ2n) is 6.11. The van der Waals surface area contributed by atoms with Crippen LogP contribution in [0.4, 0.5) is 0 Å². The Hall–Kier alpha value is -3.20. The van der Waals surface area contributed by atoms with Gasteiger partial charge in [-0.1, -0.05) is 36.4 Å². The van der Waals surface area contributed by atoms with Crippen molar-refractivity contribution < 1.29 is 27.5 Å². The van der Waals surface area contributed by atoms with Crippen molar-refractivity contribution >= 4 is 27.6 Å². The number of hydrogen-bond acceptors (Lipinski definition) is 6. The first-order valence-electron chi connectivity index (χ1n) is 8.81. The molecule has 2 rings (SSSR count). The van der Waals surface area contributed by atoms with Crippen LogP contribution < -0.4 is 10.6 Å². The highest BCUT2D eigenvalue weighted by Crippen LogP contribution is 2.12. The number of rotatable bonds is 9. The predicted octanol–water partition coefficient (Wildman–Crippen LogP) is 0.938. The number of nitrogens with one attached hydrogen (secondary N) is 2. The van der Waals surface area contributed by atoms with Crippen molar-refractivity contribution in [3.05, 3.63) is 66.2 Å². The van der Waals surface area contributed by atoms with Gasteiger partial charge in [-0.2, -0.15) is 0 Å². The summed E-state index contributed by atoms with van der Waals surface area (Å²) in [6.07, 6.45) is -0.164. The smallest absolute Gasteiger partial charge is 0.328 e. The van der Waals surface area contributed by atoms with Gasteiger partial charge in [0, 0.05) is 5.56 Å². The zero-order valence-electron chi connectivity index (χ0n) is 15.8. The van der Waals surface area contributed by atoms with Gasteiger partial charge in [-0.25, -0.2) is 13.2 Å². The summed E-state index contributed by atoms with van der Waals surface area (Å²) in [6, 6.07) is 15.0. The molecule has 0 unspecified atom stereocenters. The number of benzene rings is 2. The van der Waals surface area contributed by atoms with E-state index in [0.717, 1.165) is 7.11 Å². The van der Waals surface area contributed by atoms with Gasteiger partial charge >= 0.3 is 5.97 Å². The summed E-state index contributed by atoms with van der Waals surface area (Å²) in [7, 11) is -2.48. The maximum atomic E-state index is 12.4. The van der Waals surface area contributed by atoms with Gasteiger partial charge in [0.05, 0.1) is 24.3 Å². The first-order chi connectivity index (χ1) is 13.8. The highest BCUT2D eigenvalue weighted by atomic mass is 32.2. The van der Waals surface area contributed by atoms with Gasteiger partial charge in [0.2, 0.25) is 5.91 Å². The molecule has 0 aliphatic rings. The maximum absolute atomic E-state index is 12.4. The predicted molar refractivity (Wildman–Crippen MR) is 106 cm³/mol. The minimum absolute atomic E-state index is 0.130. The molecule has 8 nitrogen and oxygen atoms in total. The molecule has 0 bridgehead atoms. The summed E-state index contributed by atoms with van der Waals surface area (Å²) in [5.41, 5.74) is 0.388. The molecule has 0 aliphatic carbocycles. The molecule has 0 aliphatic heterocycles. The SMILES string of the molecule is COC(=O)[C@H](CCS(=O)(=O)c1ccccc1)NC(=O)CNC(=O)c1ccccc1. The minimum Gasteiger partial charge on any atom is -0.467 e. The van der Waals surface area contributed by atoms with E-state index in [4.69, 9.17) is 0 Å². The van der Waals surface area contributed by atoms with Crippen LogP contribution in [0.5, 0.6) is 0 Å². The summed E-state index contributed by atoms with van der Waals surface area (Å²) >= 11 is 0. The largest absolute Gasteiger partial charge is 0.467 e. The summed E-state index contributed by atoms with van der Waals surface area (Å²) in [5, 5.41) is 4.84. The summed E-state index contributed by atoms with van der Waals surface area (Å²) in [5.74, 6) is -2.20. The number of carbonyl (C=O) groups excluding carboxylic acids is 3. The number of carbonyl (C=O) groups is 3. The molecular formula is C20H22N2O6S. The average molecular weight is 418 g/mol. The molecule has 2 amide bonds.